The van der Waals surface area contributed by atoms with Gasteiger partial charge in [0.2, 0.25) is 0 Å². The first-order chi connectivity index (χ1) is 9.09. The molecule has 0 saturated carbocycles. The van der Waals surface area contributed by atoms with Crippen molar-refractivity contribution in [2.75, 3.05) is 5.32 Å². The number of para-hydroxylation sites is 1. The molecule has 0 amide bonds. The number of hydrogen-bond acceptors (Lipinski definition) is 2. The molecule has 98 valence electrons. The van der Waals surface area contributed by atoms with E-state index in [2.05, 4.69) is 43.4 Å². The lowest BCUT2D eigenvalue weighted by Gasteiger charge is -2.19. The van der Waals surface area contributed by atoms with Gasteiger partial charge in [0.25, 0.3) is 0 Å². The van der Waals surface area contributed by atoms with Crippen molar-refractivity contribution in [3.05, 3.63) is 65.2 Å². The van der Waals surface area contributed by atoms with Gasteiger partial charge >= 0.3 is 0 Å². The van der Waals surface area contributed by atoms with Crippen molar-refractivity contribution in [3.8, 4) is 0 Å². The van der Waals surface area contributed by atoms with Crippen LogP contribution in [0, 0.1) is 6.92 Å². The lowest BCUT2D eigenvalue weighted by atomic mass is 10.0. The molecule has 0 aromatic heterocycles. The van der Waals surface area contributed by atoms with Crippen molar-refractivity contribution in [1.29, 1.82) is 0 Å². The summed E-state index contributed by atoms with van der Waals surface area (Å²) in [5.74, 6) is 0. The van der Waals surface area contributed by atoms with E-state index in [1.165, 1.54) is 11.1 Å². The monoisotopic (exact) mass is 270 g/mol. The summed E-state index contributed by atoms with van der Waals surface area (Å²) in [5, 5.41) is 3.48. The molecule has 0 heterocycles. The number of benzene rings is 2. The van der Waals surface area contributed by atoms with E-state index in [9.17, 15) is 0 Å². The van der Waals surface area contributed by atoms with Crippen molar-refractivity contribution in [2.24, 2.45) is 5.73 Å². The third kappa shape index (κ3) is 3.12. The second-order valence-electron chi connectivity index (χ2n) is 4.63. The van der Waals surface area contributed by atoms with Gasteiger partial charge in [0.15, 0.2) is 0 Å². The van der Waals surface area contributed by atoms with Crippen LogP contribution in [0.3, 0.4) is 0 Å². The van der Waals surface area contributed by atoms with Gasteiger partial charge in [-0.15, -0.1) is 0 Å². The Bertz CT molecular complexity index is 593. The minimum absolute atomic E-state index is 0.205. The summed E-state index contributed by atoms with van der Waals surface area (Å²) in [6, 6.07) is 16.4. The van der Waals surface area contributed by atoms with E-state index in [0.717, 1.165) is 11.3 Å². The van der Waals surface area contributed by atoms with Crippen LogP contribution < -0.4 is 11.1 Å². The van der Waals surface area contributed by atoms with Crippen LogP contribution >= 0.6 is 12.2 Å². The Hall–Kier alpha value is -1.87. The van der Waals surface area contributed by atoms with E-state index < -0.39 is 0 Å². The molecule has 0 fully saturated rings. The number of nitrogens with one attached hydrogen (secondary N) is 1. The highest BCUT2D eigenvalue weighted by Gasteiger charge is 2.10. The molecular formula is C16H18N2S. The van der Waals surface area contributed by atoms with Crippen LogP contribution in [0.1, 0.15) is 29.7 Å². The lowest BCUT2D eigenvalue weighted by Crippen LogP contribution is -2.15. The molecule has 0 radical (unpaired) electrons. The van der Waals surface area contributed by atoms with Crippen LogP contribution in [0.25, 0.3) is 0 Å². The molecule has 0 aliphatic rings. The predicted octanol–water partition coefficient (Wildman–Crippen LogP) is 3.80. The average Bonchev–Trinajstić information content (AvgIpc) is 2.39. The van der Waals surface area contributed by atoms with Gasteiger partial charge in [0, 0.05) is 17.3 Å². The maximum Gasteiger partial charge on any atom is 0.106 e. The first-order valence-electron chi connectivity index (χ1n) is 6.30. The number of aryl methyl sites for hydroxylation is 1. The molecule has 2 aromatic carbocycles. The van der Waals surface area contributed by atoms with E-state index in [1.54, 1.807) is 0 Å². The summed E-state index contributed by atoms with van der Waals surface area (Å²) in [5.41, 5.74) is 10.2. The zero-order valence-corrected chi connectivity index (χ0v) is 12.0. The number of hydrogen-bond donors (Lipinski definition) is 2. The Kier molecular flexibility index (Phi) is 4.17. The smallest absolute Gasteiger partial charge is 0.106 e. The van der Waals surface area contributed by atoms with E-state index in [1.807, 2.05) is 24.3 Å². The number of nitrogens with two attached hydrogens (primary N) is 1. The summed E-state index contributed by atoms with van der Waals surface area (Å²) in [6.07, 6.45) is 0. The molecule has 2 rings (SSSR count). The molecule has 1 unspecified atom stereocenters. The fourth-order valence-electron chi connectivity index (χ4n) is 2.21. The van der Waals surface area contributed by atoms with Gasteiger partial charge in [-0.25, -0.2) is 0 Å². The molecule has 0 aliphatic heterocycles. The fourth-order valence-corrected chi connectivity index (χ4v) is 2.39. The van der Waals surface area contributed by atoms with Crippen molar-refractivity contribution in [3.63, 3.8) is 0 Å². The minimum Gasteiger partial charge on any atom is -0.389 e. The molecule has 0 aliphatic carbocycles. The van der Waals surface area contributed by atoms with Crippen molar-refractivity contribution < 1.29 is 0 Å². The summed E-state index contributed by atoms with van der Waals surface area (Å²) in [4.78, 5) is 0.417. The van der Waals surface area contributed by atoms with E-state index in [0.29, 0.717) is 4.99 Å². The van der Waals surface area contributed by atoms with Crippen molar-refractivity contribution >= 4 is 22.9 Å². The minimum atomic E-state index is 0.205. The number of thiocarbonyl (C=S) groups is 1. The third-order valence-corrected chi connectivity index (χ3v) is 3.44. The number of anilines is 1. The van der Waals surface area contributed by atoms with E-state index >= 15 is 0 Å². The fraction of sp³-hybridized carbons (Fsp3) is 0.188. The largest absolute Gasteiger partial charge is 0.389 e. The van der Waals surface area contributed by atoms with Crippen LogP contribution in [0.4, 0.5) is 5.69 Å². The summed E-state index contributed by atoms with van der Waals surface area (Å²) >= 11 is 5.08. The van der Waals surface area contributed by atoms with Gasteiger partial charge in [-0.1, -0.05) is 48.6 Å². The van der Waals surface area contributed by atoms with Gasteiger partial charge in [-0.05, 0) is 37.1 Å². The summed E-state index contributed by atoms with van der Waals surface area (Å²) in [7, 11) is 0. The third-order valence-electron chi connectivity index (χ3n) is 3.22. The Balaban J connectivity index is 2.27. The van der Waals surface area contributed by atoms with Gasteiger partial charge in [-0.2, -0.15) is 0 Å². The first-order valence-corrected chi connectivity index (χ1v) is 6.71. The molecule has 1 atom stereocenters. The van der Waals surface area contributed by atoms with Crippen LogP contribution in [0.2, 0.25) is 0 Å². The summed E-state index contributed by atoms with van der Waals surface area (Å²) < 4.78 is 0. The first kappa shape index (κ1) is 13.6. The highest BCUT2D eigenvalue weighted by Crippen LogP contribution is 2.24. The molecule has 3 N–H and O–H groups in total. The normalized spacial score (nSPS) is 11.9. The van der Waals surface area contributed by atoms with Crippen molar-refractivity contribution in [2.45, 2.75) is 19.9 Å². The average molecular weight is 270 g/mol. The Labute approximate surface area is 119 Å². The topological polar surface area (TPSA) is 38.0 Å². The Morgan fingerprint density at radius 3 is 2.42 bits per heavy atom. The zero-order chi connectivity index (χ0) is 13.8. The second-order valence-corrected chi connectivity index (χ2v) is 5.07. The maximum atomic E-state index is 5.75. The molecular weight excluding hydrogens is 252 g/mol. The van der Waals surface area contributed by atoms with E-state index in [4.69, 9.17) is 18.0 Å². The van der Waals surface area contributed by atoms with Gasteiger partial charge in [0.1, 0.15) is 4.99 Å². The van der Waals surface area contributed by atoms with Crippen molar-refractivity contribution in [1.82, 2.24) is 0 Å². The zero-order valence-electron chi connectivity index (χ0n) is 11.2. The Morgan fingerprint density at radius 1 is 1.11 bits per heavy atom. The molecule has 2 aromatic rings. The number of rotatable bonds is 4. The molecule has 19 heavy (non-hydrogen) atoms. The quantitative estimate of drug-likeness (QED) is 0.830. The standard InChI is InChI=1S/C16H18N2S/c1-11-7-3-4-8-13(11)12(2)18-15-10-6-5-9-14(15)16(17)19/h3-10,12,18H,1-2H3,(H2,17,19). The second kappa shape index (κ2) is 5.85. The SMILES string of the molecule is Cc1ccccc1C(C)Nc1ccccc1C(N)=S. The van der Waals surface area contributed by atoms with Crippen LogP contribution in [-0.4, -0.2) is 4.99 Å². The van der Waals surface area contributed by atoms with Crippen LogP contribution in [0.5, 0.6) is 0 Å². The highest BCUT2D eigenvalue weighted by molar-refractivity contribution is 7.80. The maximum absolute atomic E-state index is 5.75. The molecule has 2 nitrogen and oxygen atoms in total. The molecule has 3 heteroatoms. The molecule has 0 spiro atoms. The van der Waals surface area contributed by atoms with Gasteiger partial charge < -0.3 is 11.1 Å². The van der Waals surface area contributed by atoms with E-state index in [-0.39, 0.29) is 6.04 Å². The van der Waals surface area contributed by atoms with Crippen LogP contribution in [-0.2, 0) is 0 Å². The highest BCUT2D eigenvalue weighted by atomic mass is 32.1. The Morgan fingerprint density at radius 2 is 1.74 bits per heavy atom. The predicted molar refractivity (Wildman–Crippen MR) is 85.5 cm³/mol. The van der Waals surface area contributed by atoms with Crippen LogP contribution in [0.15, 0.2) is 48.5 Å². The van der Waals surface area contributed by atoms with Gasteiger partial charge in [-0.3, -0.25) is 0 Å². The molecule has 0 bridgehead atoms. The van der Waals surface area contributed by atoms with Gasteiger partial charge in [0.05, 0.1) is 0 Å². The lowest BCUT2D eigenvalue weighted by molar-refractivity contribution is 0.874. The molecule has 0 saturated heterocycles. The summed E-state index contributed by atoms with van der Waals surface area (Å²) in [6.45, 7) is 4.26.